The van der Waals surface area contributed by atoms with Crippen LogP contribution >= 0.6 is 0 Å². The summed E-state index contributed by atoms with van der Waals surface area (Å²) in [5.74, 6) is 1.72. The van der Waals surface area contributed by atoms with Crippen molar-refractivity contribution in [2.75, 3.05) is 38.7 Å². The van der Waals surface area contributed by atoms with Crippen LogP contribution in [0.2, 0.25) is 0 Å². The molecular formula is C16H26N2O. The number of rotatable bonds is 4. The van der Waals surface area contributed by atoms with E-state index >= 15 is 0 Å². The standard InChI is InChI=1S/C16H26N2O/c1-16(2)12-18(10-9-13(16)11-17-3)14-7-5-6-8-15(14)19-4/h5-8,13,17H,9-12H2,1-4H3. The third-order valence-corrected chi connectivity index (χ3v) is 4.33. The number of ether oxygens (including phenoxy) is 1. The van der Waals surface area contributed by atoms with Gasteiger partial charge in [0.2, 0.25) is 0 Å². The molecule has 0 aromatic heterocycles. The van der Waals surface area contributed by atoms with Crippen molar-refractivity contribution in [1.82, 2.24) is 5.32 Å². The summed E-state index contributed by atoms with van der Waals surface area (Å²) in [5.41, 5.74) is 1.54. The van der Waals surface area contributed by atoms with Crippen molar-refractivity contribution < 1.29 is 4.74 Å². The molecule has 0 bridgehead atoms. The van der Waals surface area contributed by atoms with Crippen molar-refractivity contribution in [2.24, 2.45) is 11.3 Å². The first-order valence-corrected chi connectivity index (χ1v) is 7.11. The minimum absolute atomic E-state index is 0.322. The molecule has 1 aliphatic heterocycles. The Morgan fingerprint density at radius 3 is 2.74 bits per heavy atom. The van der Waals surface area contributed by atoms with Gasteiger partial charge in [-0.3, -0.25) is 0 Å². The molecule has 19 heavy (non-hydrogen) atoms. The molecule has 1 N–H and O–H groups in total. The fourth-order valence-corrected chi connectivity index (χ4v) is 3.12. The smallest absolute Gasteiger partial charge is 0.142 e. The van der Waals surface area contributed by atoms with Crippen LogP contribution in [0, 0.1) is 11.3 Å². The van der Waals surface area contributed by atoms with Crippen molar-refractivity contribution in [1.29, 1.82) is 0 Å². The van der Waals surface area contributed by atoms with E-state index in [1.807, 2.05) is 19.2 Å². The van der Waals surface area contributed by atoms with Gasteiger partial charge in [-0.05, 0) is 43.5 Å². The fraction of sp³-hybridized carbons (Fsp3) is 0.625. The molecule has 1 aromatic rings. The van der Waals surface area contributed by atoms with Gasteiger partial charge in [-0.15, -0.1) is 0 Å². The second-order valence-corrected chi connectivity index (χ2v) is 6.13. The highest BCUT2D eigenvalue weighted by Crippen LogP contribution is 2.39. The van der Waals surface area contributed by atoms with E-state index in [4.69, 9.17) is 4.74 Å². The molecule has 0 aliphatic carbocycles. The normalized spacial score (nSPS) is 22.3. The molecule has 3 nitrogen and oxygen atoms in total. The van der Waals surface area contributed by atoms with Gasteiger partial charge in [0.25, 0.3) is 0 Å². The summed E-state index contributed by atoms with van der Waals surface area (Å²) in [5, 5.41) is 3.33. The lowest BCUT2D eigenvalue weighted by molar-refractivity contribution is 0.174. The molecule has 0 amide bonds. The molecule has 3 heteroatoms. The first-order chi connectivity index (χ1) is 9.08. The Morgan fingerprint density at radius 1 is 1.37 bits per heavy atom. The average Bonchev–Trinajstić information content (AvgIpc) is 2.41. The van der Waals surface area contributed by atoms with Gasteiger partial charge in [-0.1, -0.05) is 26.0 Å². The minimum Gasteiger partial charge on any atom is -0.495 e. The zero-order chi connectivity index (χ0) is 13.9. The molecule has 0 radical (unpaired) electrons. The van der Waals surface area contributed by atoms with Crippen molar-refractivity contribution in [3.8, 4) is 5.75 Å². The number of nitrogens with one attached hydrogen (secondary N) is 1. The van der Waals surface area contributed by atoms with Gasteiger partial charge in [0.15, 0.2) is 0 Å². The highest BCUT2D eigenvalue weighted by molar-refractivity contribution is 5.58. The van der Waals surface area contributed by atoms with Gasteiger partial charge in [-0.2, -0.15) is 0 Å². The van der Waals surface area contributed by atoms with Crippen LogP contribution in [-0.2, 0) is 0 Å². The van der Waals surface area contributed by atoms with E-state index in [0.29, 0.717) is 5.41 Å². The number of para-hydroxylation sites is 2. The first-order valence-electron chi connectivity index (χ1n) is 7.11. The second-order valence-electron chi connectivity index (χ2n) is 6.13. The number of methoxy groups -OCH3 is 1. The molecule has 1 unspecified atom stereocenters. The minimum atomic E-state index is 0.322. The Hall–Kier alpha value is -1.22. The van der Waals surface area contributed by atoms with E-state index in [0.717, 1.165) is 31.3 Å². The van der Waals surface area contributed by atoms with Gasteiger partial charge < -0.3 is 15.0 Å². The van der Waals surface area contributed by atoms with E-state index in [2.05, 4.69) is 36.2 Å². The third kappa shape index (κ3) is 3.03. The quantitative estimate of drug-likeness (QED) is 0.903. The van der Waals surface area contributed by atoms with Gasteiger partial charge >= 0.3 is 0 Å². The number of benzene rings is 1. The van der Waals surface area contributed by atoms with Crippen molar-refractivity contribution >= 4 is 5.69 Å². The lowest BCUT2D eigenvalue weighted by atomic mass is 9.73. The monoisotopic (exact) mass is 262 g/mol. The number of anilines is 1. The zero-order valence-corrected chi connectivity index (χ0v) is 12.6. The van der Waals surface area contributed by atoms with Crippen LogP contribution in [0.25, 0.3) is 0 Å². The summed E-state index contributed by atoms with van der Waals surface area (Å²) < 4.78 is 5.49. The number of hydrogen-bond acceptors (Lipinski definition) is 3. The highest BCUT2D eigenvalue weighted by Gasteiger charge is 2.35. The van der Waals surface area contributed by atoms with Gasteiger partial charge in [0.05, 0.1) is 12.8 Å². The van der Waals surface area contributed by atoms with Crippen LogP contribution in [0.3, 0.4) is 0 Å². The largest absolute Gasteiger partial charge is 0.495 e. The molecule has 106 valence electrons. The summed E-state index contributed by atoms with van der Waals surface area (Å²) in [6.07, 6.45) is 1.23. The molecule has 0 spiro atoms. The molecule has 0 saturated carbocycles. The average molecular weight is 262 g/mol. The summed E-state index contributed by atoms with van der Waals surface area (Å²) >= 11 is 0. The van der Waals surface area contributed by atoms with E-state index in [9.17, 15) is 0 Å². The first kappa shape index (κ1) is 14.2. The van der Waals surface area contributed by atoms with E-state index in [1.54, 1.807) is 7.11 Å². The van der Waals surface area contributed by atoms with E-state index in [-0.39, 0.29) is 0 Å². The zero-order valence-electron chi connectivity index (χ0n) is 12.6. The van der Waals surface area contributed by atoms with Crippen LogP contribution in [0.1, 0.15) is 20.3 Å². The summed E-state index contributed by atoms with van der Waals surface area (Å²) in [7, 11) is 3.79. The Bertz CT molecular complexity index is 417. The van der Waals surface area contributed by atoms with Crippen LogP contribution in [0.5, 0.6) is 5.75 Å². The maximum Gasteiger partial charge on any atom is 0.142 e. The molecule has 1 saturated heterocycles. The van der Waals surface area contributed by atoms with E-state index in [1.165, 1.54) is 12.1 Å². The Kier molecular flexibility index (Phi) is 4.35. The number of hydrogen-bond donors (Lipinski definition) is 1. The molecular weight excluding hydrogens is 236 g/mol. The summed E-state index contributed by atoms with van der Waals surface area (Å²) in [4.78, 5) is 2.46. The van der Waals surface area contributed by atoms with E-state index < -0.39 is 0 Å². The maximum absolute atomic E-state index is 5.49. The third-order valence-electron chi connectivity index (χ3n) is 4.33. The van der Waals surface area contributed by atoms with Gasteiger partial charge in [-0.25, -0.2) is 0 Å². The second kappa shape index (κ2) is 5.83. The maximum atomic E-state index is 5.49. The topological polar surface area (TPSA) is 24.5 Å². The lowest BCUT2D eigenvalue weighted by Gasteiger charge is -2.45. The fourth-order valence-electron chi connectivity index (χ4n) is 3.12. The van der Waals surface area contributed by atoms with Crippen molar-refractivity contribution in [3.05, 3.63) is 24.3 Å². The highest BCUT2D eigenvalue weighted by atomic mass is 16.5. The molecule has 1 atom stereocenters. The Balaban J connectivity index is 2.16. The predicted molar refractivity (Wildman–Crippen MR) is 81.0 cm³/mol. The summed E-state index contributed by atoms with van der Waals surface area (Å²) in [6.45, 7) is 8.04. The Labute approximate surface area is 116 Å². The van der Waals surface area contributed by atoms with Crippen LogP contribution in [0.4, 0.5) is 5.69 Å². The van der Waals surface area contributed by atoms with Crippen LogP contribution in [0.15, 0.2) is 24.3 Å². The molecule has 1 aromatic carbocycles. The SMILES string of the molecule is CNCC1CCN(c2ccccc2OC)CC1(C)C. The number of piperidine rings is 1. The number of nitrogens with zero attached hydrogens (tertiary/aromatic N) is 1. The predicted octanol–water partition coefficient (Wildman–Crippen LogP) is 2.77. The molecule has 1 aliphatic rings. The van der Waals surface area contributed by atoms with Crippen LogP contribution in [-0.4, -0.2) is 33.8 Å². The van der Waals surface area contributed by atoms with Crippen LogP contribution < -0.4 is 15.0 Å². The molecule has 1 fully saturated rings. The van der Waals surface area contributed by atoms with Crippen molar-refractivity contribution in [3.63, 3.8) is 0 Å². The molecule has 2 rings (SSSR count). The van der Waals surface area contributed by atoms with Crippen molar-refractivity contribution in [2.45, 2.75) is 20.3 Å². The lowest BCUT2D eigenvalue weighted by Crippen LogP contribution is -2.48. The Morgan fingerprint density at radius 2 is 2.11 bits per heavy atom. The summed E-state index contributed by atoms with van der Waals surface area (Å²) in [6, 6.07) is 8.32. The van der Waals surface area contributed by atoms with Gasteiger partial charge in [0, 0.05) is 13.1 Å². The van der Waals surface area contributed by atoms with Gasteiger partial charge in [0.1, 0.15) is 5.75 Å². The molecule has 1 heterocycles.